The Morgan fingerprint density at radius 1 is 1.44 bits per heavy atom. The summed E-state index contributed by atoms with van der Waals surface area (Å²) in [5.41, 5.74) is 0. The van der Waals surface area contributed by atoms with E-state index in [-0.39, 0.29) is 5.91 Å². The fourth-order valence-electron chi connectivity index (χ4n) is 1.67. The molecule has 0 bridgehead atoms. The van der Waals surface area contributed by atoms with Crippen LogP contribution in [0, 0.1) is 0 Å². The van der Waals surface area contributed by atoms with Crippen molar-refractivity contribution in [1.82, 2.24) is 5.32 Å². The van der Waals surface area contributed by atoms with E-state index < -0.39 is 37.3 Å². The summed E-state index contributed by atoms with van der Waals surface area (Å²) >= 11 is 0. The number of carbonyl (C=O) groups excluding carboxylic acids is 1. The molecule has 1 fully saturated rings. The maximum atomic E-state index is 10.9. The van der Waals surface area contributed by atoms with Gasteiger partial charge in [0.1, 0.15) is 24.4 Å². The topological polar surface area (TPSA) is 108 Å². The zero-order valence-corrected chi connectivity index (χ0v) is 9.16. The molecule has 0 spiro atoms. The van der Waals surface area contributed by atoms with Crippen LogP contribution >= 0.6 is 0 Å². The molecule has 1 saturated heterocycles. The quantitative estimate of drug-likeness (QED) is 0.433. The Kier molecular flexibility index (Phi) is 4.63. The summed E-state index contributed by atoms with van der Waals surface area (Å²) in [6.07, 6.45) is -4.35. The third-order valence-corrected chi connectivity index (χ3v) is 2.48. The van der Waals surface area contributed by atoms with E-state index in [1.165, 1.54) is 14.0 Å². The molecular formula is C9H17NO6. The SMILES string of the molecule is CO[C@H]1OC(CO)[C@H](O)C(O)C1NC(C)=O. The average Bonchev–Trinajstić information content (AvgIpc) is 2.25. The summed E-state index contributed by atoms with van der Waals surface area (Å²) in [7, 11) is 1.35. The Bertz CT molecular complexity index is 246. The molecule has 16 heavy (non-hydrogen) atoms. The Labute approximate surface area is 93.0 Å². The highest BCUT2D eigenvalue weighted by atomic mass is 16.7. The first kappa shape index (κ1) is 13.3. The van der Waals surface area contributed by atoms with Crippen LogP contribution in [-0.4, -0.2) is 65.6 Å². The summed E-state index contributed by atoms with van der Waals surface area (Å²) in [6.45, 7) is 0.842. The predicted molar refractivity (Wildman–Crippen MR) is 52.4 cm³/mol. The smallest absolute Gasteiger partial charge is 0.217 e. The summed E-state index contributed by atoms with van der Waals surface area (Å²) < 4.78 is 10.1. The Morgan fingerprint density at radius 3 is 2.50 bits per heavy atom. The van der Waals surface area contributed by atoms with Gasteiger partial charge in [-0.3, -0.25) is 4.79 Å². The lowest BCUT2D eigenvalue weighted by atomic mass is 9.97. The number of carbonyl (C=O) groups is 1. The monoisotopic (exact) mass is 235 g/mol. The third-order valence-electron chi connectivity index (χ3n) is 2.48. The third kappa shape index (κ3) is 2.69. The molecule has 0 radical (unpaired) electrons. The second-order valence-corrected chi connectivity index (χ2v) is 3.67. The Balaban J connectivity index is 2.77. The minimum atomic E-state index is -1.27. The molecule has 1 amide bonds. The van der Waals surface area contributed by atoms with Gasteiger partial charge in [-0.2, -0.15) is 0 Å². The molecule has 0 aromatic carbocycles. The maximum absolute atomic E-state index is 10.9. The van der Waals surface area contributed by atoms with Crippen LogP contribution < -0.4 is 5.32 Å². The summed E-state index contributed by atoms with van der Waals surface area (Å²) in [4.78, 5) is 10.9. The zero-order chi connectivity index (χ0) is 12.3. The average molecular weight is 235 g/mol. The van der Waals surface area contributed by atoms with Crippen molar-refractivity contribution >= 4 is 5.91 Å². The van der Waals surface area contributed by atoms with E-state index in [9.17, 15) is 15.0 Å². The van der Waals surface area contributed by atoms with Gasteiger partial charge in [-0.1, -0.05) is 0 Å². The first-order chi connectivity index (χ1) is 7.51. The van der Waals surface area contributed by atoms with E-state index >= 15 is 0 Å². The standard InChI is InChI=1S/C9H17NO6/c1-4(12)10-6-8(14)7(13)5(3-11)16-9(6)15-2/h5-9,11,13-14H,3H2,1-2H3,(H,10,12)/t5?,6?,7-,8?,9-/m0/s1. The molecule has 0 aromatic heterocycles. The van der Waals surface area contributed by atoms with Gasteiger partial charge in [-0.05, 0) is 0 Å². The molecule has 0 aliphatic carbocycles. The minimum Gasteiger partial charge on any atom is -0.394 e. The maximum Gasteiger partial charge on any atom is 0.217 e. The molecule has 3 unspecified atom stereocenters. The molecule has 4 N–H and O–H groups in total. The lowest BCUT2D eigenvalue weighted by Gasteiger charge is -2.41. The number of aliphatic hydroxyl groups is 3. The van der Waals surface area contributed by atoms with Crippen LogP contribution in [0.5, 0.6) is 0 Å². The highest BCUT2D eigenvalue weighted by Crippen LogP contribution is 2.21. The van der Waals surface area contributed by atoms with Gasteiger partial charge in [0.25, 0.3) is 0 Å². The van der Waals surface area contributed by atoms with Crippen molar-refractivity contribution in [2.24, 2.45) is 0 Å². The first-order valence-electron chi connectivity index (χ1n) is 4.93. The van der Waals surface area contributed by atoms with Crippen molar-refractivity contribution < 1.29 is 29.6 Å². The Morgan fingerprint density at radius 2 is 2.06 bits per heavy atom. The number of hydrogen-bond acceptors (Lipinski definition) is 6. The molecule has 1 aliphatic heterocycles. The lowest BCUT2D eigenvalue weighted by molar-refractivity contribution is -0.262. The molecule has 94 valence electrons. The van der Waals surface area contributed by atoms with Crippen LogP contribution in [0.15, 0.2) is 0 Å². The number of rotatable bonds is 3. The highest BCUT2D eigenvalue weighted by molar-refractivity contribution is 5.73. The highest BCUT2D eigenvalue weighted by Gasteiger charge is 2.44. The molecule has 0 saturated carbocycles. The summed E-state index contributed by atoms with van der Waals surface area (Å²) in [5, 5.41) is 30.7. The van der Waals surface area contributed by atoms with E-state index in [0.717, 1.165) is 0 Å². The van der Waals surface area contributed by atoms with Crippen molar-refractivity contribution in [2.75, 3.05) is 13.7 Å². The second kappa shape index (κ2) is 5.55. The number of methoxy groups -OCH3 is 1. The minimum absolute atomic E-state index is 0.371. The van der Waals surface area contributed by atoms with Crippen LogP contribution in [0.3, 0.4) is 0 Å². The lowest BCUT2D eigenvalue weighted by Crippen LogP contribution is -2.64. The number of aliphatic hydroxyl groups excluding tert-OH is 3. The molecule has 1 aliphatic rings. The number of amides is 1. The van der Waals surface area contributed by atoms with Gasteiger partial charge in [0.2, 0.25) is 5.91 Å². The number of ether oxygens (including phenoxy) is 2. The van der Waals surface area contributed by atoms with Gasteiger partial charge >= 0.3 is 0 Å². The van der Waals surface area contributed by atoms with Crippen molar-refractivity contribution in [1.29, 1.82) is 0 Å². The van der Waals surface area contributed by atoms with Crippen LogP contribution in [-0.2, 0) is 14.3 Å². The predicted octanol–water partition coefficient (Wildman–Crippen LogP) is -2.42. The number of hydrogen-bond donors (Lipinski definition) is 4. The molecule has 1 rings (SSSR count). The van der Waals surface area contributed by atoms with Crippen molar-refractivity contribution in [3.8, 4) is 0 Å². The van der Waals surface area contributed by atoms with E-state index in [1.807, 2.05) is 0 Å². The van der Waals surface area contributed by atoms with Crippen molar-refractivity contribution in [3.05, 3.63) is 0 Å². The Hall–Kier alpha value is -0.730. The van der Waals surface area contributed by atoms with Crippen LogP contribution in [0.2, 0.25) is 0 Å². The van der Waals surface area contributed by atoms with Crippen LogP contribution in [0.4, 0.5) is 0 Å². The normalized spacial score (nSPS) is 39.4. The molecular weight excluding hydrogens is 218 g/mol. The van der Waals surface area contributed by atoms with Crippen LogP contribution in [0.1, 0.15) is 6.92 Å². The van der Waals surface area contributed by atoms with Gasteiger partial charge < -0.3 is 30.1 Å². The van der Waals surface area contributed by atoms with Gasteiger partial charge in [0.15, 0.2) is 6.29 Å². The van der Waals surface area contributed by atoms with Gasteiger partial charge in [-0.15, -0.1) is 0 Å². The fourth-order valence-corrected chi connectivity index (χ4v) is 1.67. The number of nitrogens with one attached hydrogen (secondary N) is 1. The molecule has 1 heterocycles. The molecule has 7 nitrogen and oxygen atoms in total. The molecule has 5 atom stereocenters. The van der Waals surface area contributed by atoms with Crippen molar-refractivity contribution in [2.45, 2.75) is 37.6 Å². The van der Waals surface area contributed by atoms with Gasteiger partial charge in [0.05, 0.1) is 6.61 Å². The van der Waals surface area contributed by atoms with Crippen LogP contribution in [0.25, 0.3) is 0 Å². The fraction of sp³-hybridized carbons (Fsp3) is 0.889. The second-order valence-electron chi connectivity index (χ2n) is 3.67. The van der Waals surface area contributed by atoms with E-state index in [4.69, 9.17) is 14.6 Å². The van der Waals surface area contributed by atoms with Gasteiger partial charge in [-0.25, -0.2) is 0 Å². The first-order valence-corrected chi connectivity index (χ1v) is 4.93. The molecule has 0 aromatic rings. The van der Waals surface area contributed by atoms with Crippen molar-refractivity contribution in [3.63, 3.8) is 0 Å². The molecule has 7 heteroatoms. The van der Waals surface area contributed by atoms with E-state index in [1.54, 1.807) is 0 Å². The zero-order valence-electron chi connectivity index (χ0n) is 9.16. The van der Waals surface area contributed by atoms with E-state index in [0.29, 0.717) is 0 Å². The summed E-state index contributed by atoms with van der Waals surface area (Å²) in [6, 6.07) is -0.861. The summed E-state index contributed by atoms with van der Waals surface area (Å²) in [5.74, 6) is -0.371. The van der Waals surface area contributed by atoms with E-state index in [2.05, 4.69) is 5.32 Å². The largest absolute Gasteiger partial charge is 0.394 e. The van der Waals surface area contributed by atoms with Gasteiger partial charge in [0, 0.05) is 14.0 Å².